The molecule has 0 saturated carbocycles. The molecule has 16 heavy (non-hydrogen) atoms. The lowest BCUT2D eigenvalue weighted by molar-refractivity contribution is 1.05. The monoisotopic (exact) mass is 212 g/mol. The molecule has 0 aromatic rings. The van der Waals surface area contributed by atoms with Crippen LogP contribution in [0.4, 0.5) is 0 Å². The summed E-state index contributed by atoms with van der Waals surface area (Å²) < 4.78 is 0. The molecule has 0 unspecified atom stereocenters. The van der Waals surface area contributed by atoms with Crippen LogP contribution in [-0.4, -0.2) is 12.4 Å². The van der Waals surface area contributed by atoms with Crippen molar-refractivity contribution in [2.75, 3.05) is 0 Å². The molecule has 0 amide bonds. The average molecular weight is 212 g/mol. The Morgan fingerprint density at radius 1 is 1.00 bits per heavy atom. The SMILES string of the molecule is C=C1C=N/C=C\CC/C=C\C=C/C(=C)N=C1. The number of rotatable bonds is 0. The number of nitrogens with zero attached hydrogens (tertiary/aromatic N) is 2. The van der Waals surface area contributed by atoms with Gasteiger partial charge >= 0.3 is 0 Å². The van der Waals surface area contributed by atoms with Crippen molar-refractivity contribution in [1.29, 1.82) is 0 Å². The van der Waals surface area contributed by atoms with Gasteiger partial charge in [-0.15, -0.1) is 0 Å². The Bertz CT molecular complexity index is 355. The van der Waals surface area contributed by atoms with E-state index < -0.39 is 0 Å². The van der Waals surface area contributed by atoms with E-state index in [-0.39, 0.29) is 0 Å². The van der Waals surface area contributed by atoms with Crippen molar-refractivity contribution in [1.82, 2.24) is 0 Å². The molecular weight excluding hydrogens is 196 g/mol. The molecule has 0 fully saturated rings. The predicted molar refractivity (Wildman–Crippen MR) is 71.9 cm³/mol. The number of aliphatic imine (C=N–C) groups is 2. The van der Waals surface area contributed by atoms with E-state index >= 15 is 0 Å². The molecule has 0 saturated heterocycles. The normalized spacial score (nSPS) is 23.8. The van der Waals surface area contributed by atoms with Crippen LogP contribution in [0.3, 0.4) is 0 Å². The fourth-order valence-corrected chi connectivity index (χ4v) is 1.05. The summed E-state index contributed by atoms with van der Waals surface area (Å²) in [5.74, 6) is 0. The molecule has 1 aliphatic rings. The summed E-state index contributed by atoms with van der Waals surface area (Å²) in [5.41, 5.74) is 1.46. The van der Waals surface area contributed by atoms with E-state index in [2.05, 4.69) is 29.2 Å². The summed E-state index contributed by atoms with van der Waals surface area (Å²) in [5, 5.41) is 0. The van der Waals surface area contributed by atoms with Crippen LogP contribution in [0.1, 0.15) is 12.8 Å². The topological polar surface area (TPSA) is 24.7 Å². The van der Waals surface area contributed by atoms with Crippen molar-refractivity contribution in [3.63, 3.8) is 0 Å². The first-order valence-corrected chi connectivity index (χ1v) is 5.22. The summed E-state index contributed by atoms with van der Waals surface area (Å²) >= 11 is 0. The van der Waals surface area contributed by atoms with Gasteiger partial charge in [0, 0.05) is 24.2 Å². The Hall–Kier alpha value is -1.96. The first-order valence-electron chi connectivity index (χ1n) is 5.22. The number of hydrogen-bond acceptors (Lipinski definition) is 2. The van der Waals surface area contributed by atoms with Crippen LogP contribution in [0.25, 0.3) is 0 Å². The van der Waals surface area contributed by atoms with Gasteiger partial charge in [-0.2, -0.15) is 0 Å². The van der Waals surface area contributed by atoms with Crippen LogP contribution in [0.5, 0.6) is 0 Å². The van der Waals surface area contributed by atoms with Crippen molar-refractivity contribution in [3.8, 4) is 0 Å². The second kappa shape index (κ2) is 7.35. The Balaban J connectivity index is 2.75. The van der Waals surface area contributed by atoms with Crippen LogP contribution in [-0.2, 0) is 0 Å². The van der Waals surface area contributed by atoms with Crippen LogP contribution in [0.2, 0.25) is 0 Å². The third kappa shape index (κ3) is 5.70. The van der Waals surface area contributed by atoms with Crippen molar-refractivity contribution < 1.29 is 0 Å². The molecule has 0 spiro atoms. The van der Waals surface area contributed by atoms with Crippen LogP contribution in [0.15, 0.2) is 71.0 Å². The second-order valence-electron chi connectivity index (χ2n) is 3.35. The molecule has 0 radical (unpaired) electrons. The lowest BCUT2D eigenvalue weighted by atomic mass is 10.2. The van der Waals surface area contributed by atoms with Gasteiger partial charge in [-0.25, -0.2) is 0 Å². The van der Waals surface area contributed by atoms with E-state index in [0.29, 0.717) is 5.70 Å². The zero-order chi connectivity index (χ0) is 11.6. The first kappa shape index (κ1) is 12.1. The summed E-state index contributed by atoms with van der Waals surface area (Å²) in [6.45, 7) is 7.61. The van der Waals surface area contributed by atoms with Crippen molar-refractivity contribution in [2.24, 2.45) is 9.98 Å². The molecule has 2 nitrogen and oxygen atoms in total. The van der Waals surface area contributed by atoms with Gasteiger partial charge < -0.3 is 0 Å². The first-order chi connectivity index (χ1) is 7.79. The molecule has 2 heteroatoms. The highest BCUT2D eigenvalue weighted by Crippen LogP contribution is 1.98. The third-order valence-corrected chi connectivity index (χ3v) is 1.86. The summed E-state index contributed by atoms with van der Waals surface area (Å²) in [7, 11) is 0. The van der Waals surface area contributed by atoms with Crippen LogP contribution >= 0.6 is 0 Å². The zero-order valence-corrected chi connectivity index (χ0v) is 9.34. The number of hydrogen-bond donors (Lipinski definition) is 0. The molecular formula is C14H16N2. The third-order valence-electron chi connectivity index (χ3n) is 1.86. The molecule has 82 valence electrons. The van der Waals surface area contributed by atoms with Crippen molar-refractivity contribution in [2.45, 2.75) is 12.8 Å². The second-order valence-corrected chi connectivity index (χ2v) is 3.35. The molecule has 0 N–H and O–H groups in total. The quantitative estimate of drug-likeness (QED) is 0.586. The van der Waals surface area contributed by atoms with E-state index in [0.717, 1.165) is 18.4 Å². The Kier molecular flexibility index (Phi) is 5.56. The van der Waals surface area contributed by atoms with Gasteiger partial charge in [0.25, 0.3) is 0 Å². The maximum Gasteiger partial charge on any atom is 0.0558 e. The summed E-state index contributed by atoms with van der Waals surface area (Å²) in [6.07, 6.45) is 17.0. The minimum absolute atomic E-state index is 0.701. The number of allylic oxidation sites excluding steroid dienone is 6. The molecule has 0 aliphatic carbocycles. The fraction of sp³-hybridized carbons (Fsp3) is 0.143. The molecule has 0 bridgehead atoms. The minimum Gasteiger partial charge on any atom is -0.264 e. The lowest BCUT2D eigenvalue weighted by Gasteiger charge is -1.91. The summed E-state index contributed by atoms with van der Waals surface area (Å²) in [6, 6.07) is 0. The molecule has 1 aliphatic heterocycles. The van der Waals surface area contributed by atoms with Gasteiger partial charge in [-0.05, 0) is 18.9 Å². The summed E-state index contributed by atoms with van der Waals surface area (Å²) in [4.78, 5) is 8.23. The smallest absolute Gasteiger partial charge is 0.0558 e. The Morgan fingerprint density at radius 2 is 1.81 bits per heavy atom. The maximum absolute atomic E-state index is 4.14. The van der Waals surface area contributed by atoms with E-state index in [1.54, 1.807) is 18.6 Å². The van der Waals surface area contributed by atoms with E-state index in [9.17, 15) is 0 Å². The zero-order valence-electron chi connectivity index (χ0n) is 9.34. The van der Waals surface area contributed by atoms with Crippen molar-refractivity contribution in [3.05, 3.63) is 61.0 Å². The Labute approximate surface area is 96.8 Å². The standard InChI is InChI=1S/C14H16N2/c1-13-11-15-10-8-6-4-3-5-7-9-14(2)16-12-13/h3,5,7-12H,1-2,4,6H2/b5-3-,9-7-,10-8-,15-11?,16-12?. The van der Waals surface area contributed by atoms with Gasteiger partial charge in [0.2, 0.25) is 0 Å². The largest absolute Gasteiger partial charge is 0.264 e. The van der Waals surface area contributed by atoms with Gasteiger partial charge in [0.05, 0.1) is 5.70 Å². The molecule has 0 atom stereocenters. The highest BCUT2D eigenvalue weighted by Gasteiger charge is 1.84. The van der Waals surface area contributed by atoms with Crippen molar-refractivity contribution >= 4 is 12.4 Å². The molecule has 0 aromatic carbocycles. The van der Waals surface area contributed by atoms with Crippen LogP contribution in [0, 0.1) is 0 Å². The van der Waals surface area contributed by atoms with Gasteiger partial charge in [-0.3, -0.25) is 9.98 Å². The van der Waals surface area contributed by atoms with Crippen LogP contribution < -0.4 is 0 Å². The maximum atomic E-state index is 4.14. The van der Waals surface area contributed by atoms with Gasteiger partial charge in [-0.1, -0.05) is 37.5 Å². The van der Waals surface area contributed by atoms with Gasteiger partial charge in [0.1, 0.15) is 0 Å². The average Bonchev–Trinajstić information content (AvgIpc) is 2.28. The minimum atomic E-state index is 0.701. The lowest BCUT2D eigenvalue weighted by Crippen LogP contribution is -1.83. The molecule has 0 aromatic heterocycles. The predicted octanol–water partition coefficient (Wildman–Crippen LogP) is 3.62. The molecule has 1 rings (SSSR count). The van der Waals surface area contributed by atoms with E-state index in [1.165, 1.54) is 0 Å². The van der Waals surface area contributed by atoms with E-state index in [4.69, 9.17) is 0 Å². The fourth-order valence-electron chi connectivity index (χ4n) is 1.05. The highest BCUT2D eigenvalue weighted by atomic mass is 14.7. The highest BCUT2D eigenvalue weighted by molar-refractivity contribution is 6.03. The van der Waals surface area contributed by atoms with Gasteiger partial charge in [0.15, 0.2) is 0 Å². The Morgan fingerprint density at radius 3 is 2.69 bits per heavy atom. The van der Waals surface area contributed by atoms with E-state index in [1.807, 2.05) is 24.3 Å². The molecule has 1 heterocycles.